The van der Waals surface area contributed by atoms with Gasteiger partial charge in [0, 0.05) is 5.39 Å². The minimum atomic E-state index is -3.80. The van der Waals surface area contributed by atoms with Crippen LogP contribution in [0.5, 0.6) is 5.75 Å². The fourth-order valence-electron chi connectivity index (χ4n) is 2.20. The molecule has 0 bridgehead atoms. The first-order chi connectivity index (χ1) is 10.5. The van der Waals surface area contributed by atoms with Crippen molar-refractivity contribution in [2.24, 2.45) is 0 Å². The predicted octanol–water partition coefficient (Wildman–Crippen LogP) is 2.75. The van der Waals surface area contributed by atoms with E-state index in [2.05, 4.69) is 0 Å². The Bertz CT molecular complexity index is 992. The van der Waals surface area contributed by atoms with E-state index in [1.807, 2.05) is 0 Å². The number of hydrogen-bond donors (Lipinski definition) is 1. The molecule has 0 aliphatic carbocycles. The summed E-state index contributed by atoms with van der Waals surface area (Å²) in [4.78, 5) is -0.0413. The predicted molar refractivity (Wildman–Crippen MR) is 80.5 cm³/mol. The van der Waals surface area contributed by atoms with Gasteiger partial charge >= 0.3 is 0 Å². The van der Waals surface area contributed by atoms with Gasteiger partial charge in [-0.3, -0.25) is 5.41 Å². The zero-order valence-corrected chi connectivity index (χ0v) is 12.6. The summed E-state index contributed by atoms with van der Waals surface area (Å²) in [5, 5.41) is 8.49. The molecule has 22 heavy (non-hydrogen) atoms. The van der Waals surface area contributed by atoms with Crippen LogP contribution in [-0.4, -0.2) is 15.5 Å². The van der Waals surface area contributed by atoms with Crippen molar-refractivity contribution in [3.63, 3.8) is 0 Å². The van der Waals surface area contributed by atoms with E-state index in [1.165, 1.54) is 25.3 Å². The molecule has 0 amide bonds. The Hall–Kier alpha value is -2.60. The van der Waals surface area contributed by atoms with E-state index in [0.717, 1.165) is 0 Å². The third-order valence-electron chi connectivity index (χ3n) is 3.29. The van der Waals surface area contributed by atoms with Gasteiger partial charge in [0.05, 0.1) is 12.0 Å². The molecule has 0 aliphatic rings. The van der Waals surface area contributed by atoms with Gasteiger partial charge in [-0.2, -0.15) is 0 Å². The standard InChI is InChI=1S/C16H13NO4S/c1-20-13-9-5-6-11-10-14(16(17)21-15(11)13)22(18,19)12-7-3-2-4-8-12/h2-10,17H,1H3. The van der Waals surface area contributed by atoms with Gasteiger partial charge in [0.1, 0.15) is 4.90 Å². The second-order valence-electron chi connectivity index (χ2n) is 4.63. The number of hydrogen-bond acceptors (Lipinski definition) is 5. The maximum Gasteiger partial charge on any atom is 0.231 e. The minimum absolute atomic E-state index is 0.126. The molecule has 0 spiro atoms. The molecule has 0 unspecified atom stereocenters. The first-order valence-electron chi connectivity index (χ1n) is 6.49. The number of fused-ring (bicyclic) bond motifs is 1. The van der Waals surface area contributed by atoms with Gasteiger partial charge in [-0.15, -0.1) is 0 Å². The molecule has 0 saturated carbocycles. The number of ether oxygens (including phenoxy) is 1. The van der Waals surface area contributed by atoms with Crippen LogP contribution in [0, 0.1) is 5.41 Å². The summed E-state index contributed by atoms with van der Waals surface area (Å²) in [5.41, 5.74) is -0.0668. The van der Waals surface area contributed by atoms with E-state index >= 15 is 0 Å². The van der Waals surface area contributed by atoms with Crippen molar-refractivity contribution in [2.75, 3.05) is 7.11 Å². The van der Waals surface area contributed by atoms with Crippen molar-refractivity contribution in [3.8, 4) is 5.75 Å². The lowest BCUT2D eigenvalue weighted by Gasteiger charge is -2.08. The Kier molecular flexibility index (Phi) is 3.46. The van der Waals surface area contributed by atoms with Crippen molar-refractivity contribution < 1.29 is 17.6 Å². The monoisotopic (exact) mass is 315 g/mol. The first-order valence-corrected chi connectivity index (χ1v) is 7.98. The number of para-hydroxylation sites is 1. The van der Waals surface area contributed by atoms with Crippen LogP contribution < -0.4 is 10.3 Å². The average Bonchev–Trinajstić information content (AvgIpc) is 2.54. The van der Waals surface area contributed by atoms with Gasteiger partial charge in [0.15, 0.2) is 11.3 Å². The molecule has 2 aromatic carbocycles. The molecule has 1 aromatic heterocycles. The summed E-state index contributed by atoms with van der Waals surface area (Å²) in [6.45, 7) is 0. The molecule has 3 rings (SSSR count). The summed E-state index contributed by atoms with van der Waals surface area (Å²) in [6, 6.07) is 14.6. The quantitative estimate of drug-likeness (QED) is 0.806. The highest BCUT2D eigenvalue weighted by molar-refractivity contribution is 7.91. The number of nitrogens with one attached hydrogen (secondary N) is 1. The Labute approximate surface area is 127 Å². The van der Waals surface area contributed by atoms with Crippen LogP contribution in [0.4, 0.5) is 0 Å². The lowest BCUT2D eigenvalue weighted by molar-refractivity contribution is 0.402. The third kappa shape index (κ3) is 2.27. The average molecular weight is 315 g/mol. The Morgan fingerprint density at radius 1 is 1.05 bits per heavy atom. The Balaban J connectivity index is 2.29. The van der Waals surface area contributed by atoms with E-state index < -0.39 is 15.4 Å². The summed E-state index contributed by atoms with van der Waals surface area (Å²) < 4.78 is 35.8. The van der Waals surface area contributed by atoms with Gasteiger partial charge in [-0.25, -0.2) is 8.42 Å². The second kappa shape index (κ2) is 5.31. The molecular weight excluding hydrogens is 302 g/mol. The van der Waals surface area contributed by atoms with E-state index in [0.29, 0.717) is 16.7 Å². The van der Waals surface area contributed by atoms with Crippen molar-refractivity contribution in [1.82, 2.24) is 0 Å². The smallest absolute Gasteiger partial charge is 0.231 e. The van der Waals surface area contributed by atoms with Gasteiger partial charge < -0.3 is 9.15 Å². The maximum atomic E-state index is 12.6. The van der Waals surface area contributed by atoms with Crippen LogP contribution in [0.1, 0.15) is 0 Å². The first kappa shape index (κ1) is 14.3. The highest BCUT2D eigenvalue weighted by Gasteiger charge is 2.22. The summed E-state index contributed by atoms with van der Waals surface area (Å²) in [5.74, 6) is 0.453. The van der Waals surface area contributed by atoms with E-state index in [1.54, 1.807) is 36.4 Å². The topological polar surface area (TPSA) is 80.4 Å². The van der Waals surface area contributed by atoms with Crippen LogP contribution in [0.2, 0.25) is 0 Å². The van der Waals surface area contributed by atoms with Crippen molar-refractivity contribution >= 4 is 20.8 Å². The van der Waals surface area contributed by atoms with Gasteiger partial charge in [-0.1, -0.05) is 30.3 Å². The van der Waals surface area contributed by atoms with E-state index in [9.17, 15) is 8.42 Å². The summed E-state index contributed by atoms with van der Waals surface area (Å²) in [6.07, 6.45) is 0. The molecule has 0 saturated heterocycles. The fraction of sp³-hybridized carbons (Fsp3) is 0.0625. The normalized spacial score (nSPS) is 11.5. The zero-order chi connectivity index (χ0) is 15.7. The molecule has 0 fully saturated rings. The number of methoxy groups -OCH3 is 1. The number of sulfone groups is 1. The van der Waals surface area contributed by atoms with Crippen LogP contribution >= 0.6 is 0 Å². The molecule has 6 heteroatoms. The van der Waals surface area contributed by atoms with Gasteiger partial charge in [0.25, 0.3) is 0 Å². The lowest BCUT2D eigenvalue weighted by atomic mass is 10.2. The fourth-order valence-corrected chi connectivity index (χ4v) is 3.54. The Morgan fingerprint density at radius 2 is 1.77 bits per heavy atom. The highest BCUT2D eigenvalue weighted by atomic mass is 32.2. The highest BCUT2D eigenvalue weighted by Crippen LogP contribution is 2.27. The molecule has 112 valence electrons. The molecule has 0 aliphatic heterocycles. The van der Waals surface area contributed by atoms with Gasteiger partial charge in [-0.05, 0) is 24.3 Å². The Morgan fingerprint density at radius 3 is 2.45 bits per heavy atom. The van der Waals surface area contributed by atoms with E-state index in [4.69, 9.17) is 14.6 Å². The molecule has 1 N–H and O–H groups in total. The van der Waals surface area contributed by atoms with Crippen molar-refractivity contribution in [2.45, 2.75) is 9.79 Å². The minimum Gasteiger partial charge on any atom is -0.493 e. The van der Waals surface area contributed by atoms with Gasteiger partial charge in [0.2, 0.25) is 15.4 Å². The molecule has 3 aromatic rings. The molecular formula is C16H13NO4S. The molecule has 0 atom stereocenters. The number of rotatable bonds is 3. The lowest BCUT2D eigenvalue weighted by Crippen LogP contribution is -2.14. The molecule has 0 radical (unpaired) electrons. The van der Waals surface area contributed by atoms with Crippen molar-refractivity contribution in [3.05, 3.63) is 60.2 Å². The van der Waals surface area contributed by atoms with Crippen LogP contribution in [0.15, 0.2) is 68.8 Å². The second-order valence-corrected chi connectivity index (χ2v) is 6.55. The molecule has 5 nitrogen and oxygen atoms in total. The largest absolute Gasteiger partial charge is 0.493 e. The maximum absolute atomic E-state index is 12.6. The van der Waals surface area contributed by atoms with Crippen molar-refractivity contribution in [1.29, 1.82) is 5.41 Å². The van der Waals surface area contributed by atoms with Crippen LogP contribution in [0.3, 0.4) is 0 Å². The summed E-state index contributed by atoms with van der Waals surface area (Å²) >= 11 is 0. The van der Waals surface area contributed by atoms with E-state index in [-0.39, 0.29) is 9.79 Å². The third-order valence-corrected chi connectivity index (χ3v) is 5.06. The SMILES string of the molecule is COc1cccc2cc(S(=O)(=O)c3ccccc3)c(=N)oc12. The van der Waals surface area contributed by atoms with Crippen LogP contribution in [0.25, 0.3) is 11.0 Å². The number of benzene rings is 2. The summed E-state index contributed by atoms with van der Waals surface area (Å²) in [7, 11) is -2.31. The van der Waals surface area contributed by atoms with Crippen LogP contribution in [-0.2, 0) is 9.84 Å². The molecule has 1 heterocycles. The zero-order valence-electron chi connectivity index (χ0n) is 11.7.